The van der Waals surface area contributed by atoms with Gasteiger partial charge in [-0.05, 0) is 45.1 Å². The molecule has 0 saturated carbocycles. The Balaban J connectivity index is 1.87. The van der Waals surface area contributed by atoms with Crippen LogP contribution in [0.5, 0.6) is 0 Å². The molecule has 1 aliphatic heterocycles. The van der Waals surface area contributed by atoms with Crippen molar-refractivity contribution in [2.24, 2.45) is 0 Å². The van der Waals surface area contributed by atoms with Crippen molar-refractivity contribution in [3.8, 4) is 0 Å². The lowest BCUT2D eigenvalue weighted by Crippen LogP contribution is -2.31. The van der Waals surface area contributed by atoms with Gasteiger partial charge in [0.2, 0.25) is 0 Å². The molecule has 14 heavy (non-hydrogen) atoms. The lowest BCUT2D eigenvalue weighted by molar-refractivity contribution is 0.282. The number of thioether (sulfide) groups is 1. The predicted molar refractivity (Wildman–Crippen MR) is 62.8 cm³/mol. The minimum absolute atomic E-state index is 0.827. The van der Waals surface area contributed by atoms with Gasteiger partial charge in [0.05, 0.1) is 0 Å². The third-order valence-electron chi connectivity index (χ3n) is 2.71. The molecule has 0 spiro atoms. The zero-order valence-electron chi connectivity index (χ0n) is 8.65. The Kier molecular flexibility index (Phi) is 3.49. The van der Waals surface area contributed by atoms with Gasteiger partial charge in [-0.3, -0.25) is 0 Å². The second-order valence-corrected chi connectivity index (χ2v) is 5.31. The standard InChI is InChI=1S/C12H17NS/c1-13-9-7-12(8-10-13)14-11-5-3-2-4-6-11/h2-6,12H,7-10H2,1H3. The number of hydrogen-bond donors (Lipinski definition) is 0. The first kappa shape index (κ1) is 10.1. The van der Waals surface area contributed by atoms with Crippen LogP contribution >= 0.6 is 11.8 Å². The van der Waals surface area contributed by atoms with E-state index in [0.29, 0.717) is 0 Å². The quantitative estimate of drug-likeness (QED) is 0.733. The highest BCUT2D eigenvalue weighted by atomic mass is 32.2. The summed E-state index contributed by atoms with van der Waals surface area (Å²) in [5.74, 6) is 0. The van der Waals surface area contributed by atoms with Crippen molar-refractivity contribution >= 4 is 11.8 Å². The van der Waals surface area contributed by atoms with E-state index in [1.54, 1.807) is 0 Å². The van der Waals surface area contributed by atoms with Gasteiger partial charge in [-0.1, -0.05) is 18.2 Å². The van der Waals surface area contributed by atoms with Crippen molar-refractivity contribution in [1.29, 1.82) is 0 Å². The van der Waals surface area contributed by atoms with Crippen molar-refractivity contribution in [3.05, 3.63) is 30.3 Å². The van der Waals surface area contributed by atoms with E-state index >= 15 is 0 Å². The average Bonchev–Trinajstić information content (AvgIpc) is 2.23. The van der Waals surface area contributed by atoms with E-state index in [4.69, 9.17) is 0 Å². The van der Waals surface area contributed by atoms with Crippen LogP contribution in [0.15, 0.2) is 35.2 Å². The number of hydrogen-bond acceptors (Lipinski definition) is 2. The van der Waals surface area contributed by atoms with Gasteiger partial charge in [-0.2, -0.15) is 0 Å². The number of piperidine rings is 1. The van der Waals surface area contributed by atoms with E-state index in [0.717, 1.165) is 5.25 Å². The summed E-state index contributed by atoms with van der Waals surface area (Å²) in [6.07, 6.45) is 2.66. The first-order valence-electron chi connectivity index (χ1n) is 5.25. The Morgan fingerprint density at radius 1 is 1.14 bits per heavy atom. The topological polar surface area (TPSA) is 3.24 Å². The first-order chi connectivity index (χ1) is 6.84. The molecule has 0 aromatic heterocycles. The number of likely N-dealkylation sites (tertiary alicyclic amines) is 1. The predicted octanol–water partition coefficient (Wildman–Crippen LogP) is 2.87. The molecule has 1 nitrogen and oxygen atoms in total. The molecule has 0 atom stereocenters. The molecule has 1 fully saturated rings. The summed E-state index contributed by atoms with van der Waals surface area (Å²) in [5, 5.41) is 0.827. The summed E-state index contributed by atoms with van der Waals surface area (Å²) in [6, 6.07) is 10.7. The lowest BCUT2D eigenvalue weighted by Gasteiger charge is -2.28. The Hall–Kier alpha value is -0.470. The van der Waals surface area contributed by atoms with E-state index in [1.807, 2.05) is 11.8 Å². The van der Waals surface area contributed by atoms with Gasteiger partial charge in [0, 0.05) is 10.1 Å². The first-order valence-corrected chi connectivity index (χ1v) is 6.13. The number of nitrogens with zero attached hydrogens (tertiary/aromatic N) is 1. The van der Waals surface area contributed by atoms with E-state index < -0.39 is 0 Å². The van der Waals surface area contributed by atoms with Gasteiger partial charge >= 0.3 is 0 Å². The van der Waals surface area contributed by atoms with Crippen LogP contribution in [0, 0.1) is 0 Å². The van der Waals surface area contributed by atoms with Gasteiger partial charge in [0.15, 0.2) is 0 Å². The van der Waals surface area contributed by atoms with E-state index in [2.05, 4.69) is 42.3 Å². The summed E-state index contributed by atoms with van der Waals surface area (Å²) in [6.45, 7) is 2.51. The molecule has 1 heterocycles. The molecule has 2 heteroatoms. The van der Waals surface area contributed by atoms with Gasteiger partial charge in [-0.25, -0.2) is 0 Å². The molecule has 2 rings (SSSR count). The number of rotatable bonds is 2. The van der Waals surface area contributed by atoms with Crippen molar-refractivity contribution in [2.75, 3.05) is 20.1 Å². The Morgan fingerprint density at radius 2 is 1.79 bits per heavy atom. The minimum atomic E-state index is 0.827. The smallest absolute Gasteiger partial charge is 0.0119 e. The van der Waals surface area contributed by atoms with Crippen molar-refractivity contribution in [3.63, 3.8) is 0 Å². The highest BCUT2D eigenvalue weighted by Gasteiger charge is 2.17. The summed E-state index contributed by atoms with van der Waals surface area (Å²) in [7, 11) is 2.21. The van der Waals surface area contributed by atoms with Gasteiger partial charge in [0.1, 0.15) is 0 Å². The molecule has 1 aliphatic rings. The maximum atomic E-state index is 2.42. The van der Waals surface area contributed by atoms with Crippen LogP contribution in [0.2, 0.25) is 0 Å². The SMILES string of the molecule is CN1CCC(Sc2ccccc2)CC1. The van der Waals surface area contributed by atoms with E-state index in [-0.39, 0.29) is 0 Å². The molecule has 0 amide bonds. The van der Waals surface area contributed by atoms with Crippen LogP contribution in [0.1, 0.15) is 12.8 Å². The van der Waals surface area contributed by atoms with E-state index in [1.165, 1.54) is 30.8 Å². The highest BCUT2D eigenvalue weighted by Crippen LogP contribution is 2.29. The van der Waals surface area contributed by atoms with Crippen LogP contribution in [-0.2, 0) is 0 Å². The molecule has 0 bridgehead atoms. The van der Waals surface area contributed by atoms with Crippen molar-refractivity contribution in [1.82, 2.24) is 4.90 Å². The lowest BCUT2D eigenvalue weighted by atomic mass is 10.1. The third-order valence-corrected chi connectivity index (χ3v) is 4.06. The molecule has 76 valence electrons. The molecule has 0 radical (unpaired) electrons. The highest BCUT2D eigenvalue weighted by molar-refractivity contribution is 8.00. The molecular formula is C12H17NS. The van der Waals surface area contributed by atoms with Crippen LogP contribution in [-0.4, -0.2) is 30.3 Å². The van der Waals surface area contributed by atoms with Crippen LogP contribution in [0.25, 0.3) is 0 Å². The van der Waals surface area contributed by atoms with Gasteiger partial charge in [0.25, 0.3) is 0 Å². The fraction of sp³-hybridized carbons (Fsp3) is 0.500. The number of benzene rings is 1. The summed E-state index contributed by atoms with van der Waals surface area (Å²) < 4.78 is 0. The summed E-state index contributed by atoms with van der Waals surface area (Å²) >= 11 is 2.04. The molecule has 0 aliphatic carbocycles. The maximum Gasteiger partial charge on any atom is 0.0119 e. The van der Waals surface area contributed by atoms with Gasteiger partial charge < -0.3 is 4.90 Å². The average molecular weight is 207 g/mol. The third kappa shape index (κ3) is 2.76. The second kappa shape index (κ2) is 4.85. The fourth-order valence-corrected chi connectivity index (χ4v) is 2.94. The molecule has 1 aromatic rings. The Labute approximate surface area is 90.5 Å². The molecular weight excluding hydrogens is 190 g/mol. The Morgan fingerprint density at radius 3 is 2.43 bits per heavy atom. The normalized spacial score (nSPS) is 19.8. The van der Waals surface area contributed by atoms with Crippen molar-refractivity contribution in [2.45, 2.75) is 23.0 Å². The minimum Gasteiger partial charge on any atom is -0.306 e. The maximum absolute atomic E-state index is 2.42. The molecule has 0 N–H and O–H groups in total. The molecule has 1 saturated heterocycles. The van der Waals surface area contributed by atoms with Crippen LogP contribution < -0.4 is 0 Å². The fourth-order valence-electron chi connectivity index (χ4n) is 1.79. The van der Waals surface area contributed by atoms with E-state index in [9.17, 15) is 0 Å². The molecule has 1 aromatic carbocycles. The summed E-state index contributed by atoms with van der Waals surface area (Å²) in [4.78, 5) is 3.84. The van der Waals surface area contributed by atoms with Gasteiger partial charge in [-0.15, -0.1) is 11.8 Å². The second-order valence-electron chi connectivity index (χ2n) is 3.93. The Bertz CT molecular complexity index is 265. The largest absolute Gasteiger partial charge is 0.306 e. The van der Waals surface area contributed by atoms with Crippen molar-refractivity contribution < 1.29 is 0 Å². The van der Waals surface area contributed by atoms with Crippen LogP contribution in [0.4, 0.5) is 0 Å². The zero-order valence-corrected chi connectivity index (χ0v) is 9.46. The monoisotopic (exact) mass is 207 g/mol. The summed E-state index contributed by atoms with van der Waals surface area (Å²) in [5.41, 5.74) is 0. The van der Waals surface area contributed by atoms with Crippen LogP contribution in [0.3, 0.4) is 0 Å². The molecule has 0 unspecified atom stereocenters. The zero-order chi connectivity index (χ0) is 9.80.